The summed E-state index contributed by atoms with van der Waals surface area (Å²) in [7, 11) is 0. The lowest BCUT2D eigenvalue weighted by atomic mass is 10.1. The maximum atomic E-state index is 4.73. The van der Waals surface area contributed by atoms with E-state index in [2.05, 4.69) is 48.8 Å². The molecule has 2 aromatic rings. The van der Waals surface area contributed by atoms with Crippen LogP contribution in [0.2, 0.25) is 0 Å². The first-order valence-electron chi connectivity index (χ1n) is 6.81. The molecule has 0 radical (unpaired) electrons. The van der Waals surface area contributed by atoms with Crippen molar-refractivity contribution in [2.75, 3.05) is 11.9 Å². The molecule has 0 bridgehead atoms. The Morgan fingerprint density at radius 2 is 1.95 bits per heavy atom. The van der Waals surface area contributed by atoms with E-state index in [1.807, 2.05) is 0 Å². The van der Waals surface area contributed by atoms with Gasteiger partial charge in [-0.3, -0.25) is 0 Å². The van der Waals surface area contributed by atoms with Crippen LogP contribution in [0.25, 0.3) is 11.4 Å². The molecular weight excluding hydrogens is 254 g/mol. The van der Waals surface area contributed by atoms with Crippen molar-refractivity contribution in [2.45, 2.75) is 40.5 Å². The molecule has 0 spiro atoms. The number of aryl methyl sites for hydroxylation is 2. The summed E-state index contributed by atoms with van der Waals surface area (Å²) >= 11 is 1.70. The molecule has 4 heteroatoms. The fourth-order valence-electron chi connectivity index (χ4n) is 2.12. The van der Waals surface area contributed by atoms with E-state index in [0.29, 0.717) is 0 Å². The van der Waals surface area contributed by atoms with Gasteiger partial charge in [0.15, 0.2) is 5.82 Å². The summed E-state index contributed by atoms with van der Waals surface area (Å²) in [5.41, 5.74) is 4.70. The molecule has 0 aliphatic rings. The first-order chi connectivity index (χ1) is 9.17. The normalized spacial score (nSPS) is 10.7. The summed E-state index contributed by atoms with van der Waals surface area (Å²) in [6.07, 6.45) is 2.06. The first-order valence-corrected chi connectivity index (χ1v) is 7.76. The Morgan fingerprint density at radius 3 is 2.53 bits per heavy atom. The lowest BCUT2D eigenvalue weighted by molar-refractivity contribution is 0.938. The van der Waals surface area contributed by atoms with E-state index in [4.69, 9.17) is 4.98 Å². The highest BCUT2D eigenvalue weighted by Crippen LogP contribution is 2.27. The summed E-state index contributed by atoms with van der Waals surface area (Å²) in [6.45, 7) is 9.45. The zero-order valence-electron chi connectivity index (χ0n) is 12.1. The number of hydrogen-bond acceptors (Lipinski definition) is 4. The van der Waals surface area contributed by atoms with Gasteiger partial charge in [-0.25, -0.2) is 9.97 Å². The van der Waals surface area contributed by atoms with E-state index in [9.17, 15) is 0 Å². The second-order valence-corrected chi connectivity index (χ2v) is 5.45. The highest BCUT2D eigenvalue weighted by molar-refractivity contribution is 7.08. The number of thiophene rings is 1. The zero-order chi connectivity index (χ0) is 13.8. The van der Waals surface area contributed by atoms with Crippen LogP contribution in [-0.2, 0) is 6.42 Å². The third-order valence-electron chi connectivity index (χ3n) is 3.21. The molecule has 19 heavy (non-hydrogen) atoms. The van der Waals surface area contributed by atoms with Crippen LogP contribution >= 0.6 is 11.3 Å². The molecule has 1 N–H and O–H groups in total. The van der Waals surface area contributed by atoms with Gasteiger partial charge in [-0.15, -0.1) is 0 Å². The van der Waals surface area contributed by atoms with Gasteiger partial charge in [0.05, 0.1) is 0 Å². The Bertz CT molecular complexity index is 561. The van der Waals surface area contributed by atoms with Crippen LogP contribution in [0.4, 0.5) is 5.82 Å². The Morgan fingerprint density at radius 1 is 1.16 bits per heavy atom. The molecule has 0 saturated carbocycles. The molecule has 102 valence electrons. The molecular formula is C15H21N3S. The minimum atomic E-state index is 0.840. The Hall–Kier alpha value is -1.42. The second kappa shape index (κ2) is 6.15. The number of rotatable bonds is 5. The molecule has 2 aromatic heterocycles. The van der Waals surface area contributed by atoms with Gasteiger partial charge in [0.25, 0.3) is 0 Å². The highest BCUT2D eigenvalue weighted by atomic mass is 32.1. The van der Waals surface area contributed by atoms with Gasteiger partial charge in [-0.2, -0.15) is 11.3 Å². The van der Waals surface area contributed by atoms with Crippen LogP contribution in [0.3, 0.4) is 0 Å². The van der Waals surface area contributed by atoms with Crippen molar-refractivity contribution in [1.29, 1.82) is 0 Å². The molecule has 2 heterocycles. The predicted octanol–water partition coefficient (Wildman–Crippen LogP) is 4.21. The molecule has 0 fully saturated rings. The van der Waals surface area contributed by atoms with Gasteiger partial charge in [0.1, 0.15) is 5.82 Å². The SMILES string of the molecule is CCCNc1nc(-c2cscc2C)nc(C)c1CC. The Balaban J connectivity index is 2.47. The van der Waals surface area contributed by atoms with E-state index in [1.165, 1.54) is 11.1 Å². The maximum absolute atomic E-state index is 4.73. The van der Waals surface area contributed by atoms with Crippen LogP contribution in [-0.4, -0.2) is 16.5 Å². The highest BCUT2D eigenvalue weighted by Gasteiger charge is 2.13. The molecule has 0 amide bonds. The third kappa shape index (κ3) is 2.95. The summed E-state index contributed by atoms with van der Waals surface area (Å²) < 4.78 is 0. The van der Waals surface area contributed by atoms with Gasteiger partial charge in [0.2, 0.25) is 0 Å². The second-order valence-electron chi connectivity index (χ2n) is 4.71. The number of hydrogen-bond donors (Lipinski definition) is 1. The van der Waals surface area contributed by atoms with E-state index in [0.717, 1.165) is 42.3 Å². The minimum absolute atomic E-state index is 0.840. The third-order valence-corrected chi connectivity index (χ3v) is 4.07. The largest absolute Gasteiger partial charge is 0.370 e. The Kier molecular flexibility index (Phi) is 4.53. The standard InChI is InChI=1S/C15H21N3S/c1-5-7-16-14-12(6-2)11(4)17-15(18-14)13-9-19-8-10(13)3/h8-9H,5-7H2,1-4H3,(H,16,17,18). The van der Waals surface area contributed by atoms with Gasteiger partial charge >= 0.3 is 0 Å². The molecule has 0 unspecified atom stereocenters. The smallest absolute Gasteiger partial charge is 0.162 e. The van der Waals surface area contributed by atoms with Crippen molar-refractivity contribution in [1.82, 2.24) is 9.97 Å². The number of nitrogens with zero attached hydrogens (tertiary/aromatic N) is 2. The zero-order valence-corrected chi connectivity index (χ0v) is 12.9. The molecule has 0 aliphatic heterocycles. The molecule has 2 rings (SSSR count). The topological polar surface area (TPSA) is 37.8 Å². The van der Waals surface area contributed by atoms with E-state index >= 15 is 0 Å². The fourth-order valence-corrected chi connectivity index (χ4v) is 2.95. The minimum Gasteiger partial charge on any atom is -0.370 e. The van der Waals surface area contributed by atoms with Crippen LogP contribution < -0.4 is 5.32 Å². The molecule has 0 aromatic carbocycles. The van der Waals surface area contributed by atoms with Gasteiger partial charge < -0.3 is 5.32 Å². The van der Waals surface area contributed by atoms with Crippen molar-refractivity contribution < 1.29 is 0 Å². The van der Waals surface area contributed by atoms with Crippen LogP contribution in [0.5, 0.6) is 0 Å². The average molecular weight is 275 g/mol. The van der Waals surface area contributed by atoms with Crippen LogP contribution in [0.15, 0.2) is 10.8 Å². The molecule has 3 nitrogen and oxygen atoms in total. The van der Waals surface area contributed by atoms with E-state index in [-0.39, 0.29) is 0 Å². The monoisotopic (exact) mass is 275 g/mol. The number of aromatic nitrogens is 2. The summed E-state index contributed by atoms with van der Waals surface area (Å²) in [4.78, 5) is 9.40. The van der Waals surface area contributed by atoms with Crippen LogP contribution in [0, 0.1) is 13.8 Å². The lowest BCUT2D eigenvalue weighted by Gasteiger charge is -2.13. The number of anilines is 1. The molecule has 0 atom stereocenters. The van der Waals surface area contributed by atoms with Crippen molar-refractivity contribution in [3.05, 3.63) is 27.6 Å². The maximum Gasteiger partial charge on any atom is 0.162 e. The van der Waals surface area contributed by atoms with Crippen LogP contribution in [0.1, 0.15) is 37.1 Å². The van der Waals surface area contributed by atoms with Crippen molar-refractivity contribution in [2.24, 2.45) is 0 Å². The van der Waals surface area contributed by atoms with Gasteiger partial charge in [-0.1, -0.05) is 13.8 Å². The lowest BCUT2D eigenvalue weighted by Crippen LogP contribution is -2.09. The average Bonchev–Trinajstić information content (AvgIpc) is 2.82. The Labute approximate surface area is 119 Å². The summed E-state index contributed by atoms with van der Waals surface area (Å²) in [5.74, 6) is 1.84. The van der Waals surface area contributed by atoms with Crippen molar-refractivity contribution in [3.8, 4) is 11.4 Å². The quantitative estimate of drug-likeness (QED) is 0.888. The van der Waals surface area contributed by atoms with Crippen molar-refractivity contribution >= 4 is 17.2 Å². The van der Waals surface area contributed by atoms with Gasteiger partial charge in [0, 0.05) is 28.7 Å². The molecule has 0 saturated heterocycles. The molecule has 0 aliphatic carbocycles. The van der Waals surface area contributed by atoms with Crippen molar-refractivity contribution in [3.63, 3.8) is 0 Å². The van der Waals surface area contributed by atoms with E-state index < -0.39 is 0 Å². The summed E-state index contributed by atoms with van der Waals surface area (Å²) in [6, 6.07) is 0. The number of nitrogens with one attached hydrogen (secondary N) is 1. The predicted molar refractivity (Wildman–Crippen MR) is 83.0 cm³/mol. The summed E-state index contributed by atoms with van der Waals surface area (Å²) in [5, 5.41) is 7.69. The fraction of sp³-hybridized carbons (Fsp3) is 0.467. The van der Waals surface area contributed by atoms with Gasteiger partial charge in [-0.05, 0) is 37.6 Å². The first kappa shape index (κ1) is 14.0. The van der Waals surface area contributed by atoms with E-state index in [1.54, 1.807) is 11.3 Å².